The molecule has 0 radical (unpaired) electrons. The lowest BCUT2D eigenvalue weighted by atomic mass is 10.1. The average molecular weight is 403 g/mol. The van der Waals surface area contributed by atoms with Gasteiger partial charge in [0, 0.05) is 37.0 Å². The first-order valence-corrected chi connectivity index (χ1v) is 10.4. The van der Waals surface area contributed by atoms with Crippen molar-refractivity contribution in [1.82, 2.24) is 14.7 Å². The fourth-order valence-electron chi connectivity index (χ4n) is 4.11. The van der Waals surface area contributed by atoms with Crippen LogP contribution in [0.15, 0.2) is 18.2 Å². The number of fused-ring (bicyclic) bond motifs is 1. The molecule has 0 spiro atoms. The minimum absolute atomic E-state index is 0.0685. The van der Waals surface area contributed by atoms with E-state index in [2.05, 4.69) is 18.9 Å². The summed E-state index contributed by atoms with van der Waals surface area (Å²) in [6, 6.07) is 3.71. The Morgan fingerprint density at radius 3 is 2.86 bits per heavy atom. The number of rotatable bonds is 6. The van der Waals surface area contributed by atoms with Gasteiger partial charge < -0.3 is 9.64 Å². The molecule has 1 atom stereocenters. The molecule has 156 valence electrons. The standard InChI is InChI=1S/C22H27F2N3O2/c1-14(2)9-11-29-16-8-10-26(13-16)22(28)21-17-4-3-5-20(17)27(25-21)15-6-7-18(23)19(24)12-15/h6-7,12,14,16H,3-5,8-11,13H2,1-2H3/t16-/m0/s1. The van der Waals surface area contributed by atoms with E-state index in [1.165, 1.54) is 6.07 Å². The van der Waals surface area contributed by atoms with E-state index in [4.69, 9.17) is 4.74 Å². The van der Waals surface area contributed by atoms with E-state index in [-0.39, 0.29) is 12.0 Å². The summed E-state index contributed by atoms with van der Waals surface area (Å²) >= 11 is 0. The number of amides is 1. The van der Waals surface area contributed by atoms with Gasteiger partial charge in [-0.1, -0.05) is 13.8 Å². The molecule has 1 fully saturated rings. The summed E-state index contributed by atoms with van der Waals surface area (Å²) in [4.78, 5) is 15.0. The number of halogens is 2. The zero-order chi connectivity index (χ0) is 20.5. The zero-order valence-corrected chi connectivity index (χ0v) is 17.0. The third-order valence-electron chi connectivity index (χ3n) is 5.76. The molecule has 2 aliphatic rings. The lowest BCUT2D eigenvalue weighted by Crippen LogP contribution is -2.31. The van der Waals surface area contributed by atoms with Gasteiger partial charge in [0.05, 0.1) is 11.8 Å². The molecule has 1 amide bonds. The molecule has 1 aliphatic carbocycles. The molecule has 7 heteroatoms. The monoisotopic (exact) mass is 403 g/mol. The topological polar surface area (TPSA) is 47.4 Å². The molecule has 5 nitrogen and oxygen atoms in total. The molecule has 1 saturated heterocycles. The highest BCUT2D eigenvalue weighted by Crippen LogP contribution is 2.30. The minimum atomic E-state index is -0.918. The molecule has 1 aromatic heterocycles. The van der Waals surface area contributed by atoms with Crippen molar-refractivity contribution in [1.29, 1.82) is 0 Å². The first-order valence-electron chi connectivity index (χ1n) is 10.4. The van der Waals surface area contributed by atoms with Crippen LogP contribution in [0.25, 0.3) is 5.69 Å². The number of benzene rings is 1. The van der Waals surface area contributed by atoms with Gasteiger partial charge in [0.25, 0.3) is 5.91 Å². The summed E-state index contributed by atoms with van der Waals surface area (Å²) < 4.78 is 34.6. The van der Waals surface area contributed by atoms with Gasteiger partial charge in [-0.05, 0) is 50.2 Å². The van der Waals surface area contributed by atoms with E-state index in [9.17, 15) is 13.6 Å². The summed E-state index contributed by atoms with van der Waals surface area (Å²) in [7, 11) is 0. The fourth-order valence-corrected chi connectivity index (χ4v) is 4.11. The maximum Gasteiger partial charge on any atom is 0.274 e. The van der Waals surface area contributed by atoms with Crippen molar-refractivity contribution >= 4 is 5.91 Å². The second-order valence-electron chi connectivity index (χ2n) is 8.35. The molecule has 0 N–H and O–H groups in total. The smallest absolute Gasteiger partial charge is 0.274 e. The number of nitrogens with zero attached hydrogens (tertiary/aromatic N) is 3. The summed E-state index contributed by atoms with van der Waals surface area (Å²) in [5.41, 5.74) is 2.73. The van der Waals surface area contributed by atoms with Gasteiger partial charge in [-0.25, -0.2) is 13.5 Å². The van der Waals surface area contributed by atoms with Crippen LogP contribution in [0.4, 0.5) is 8.78 Å². The number of carbonyl (C=O) groups excluding carboxylic acids is 1. The predicted molar refractivity (Wildman–Crippen MR) is 105 cm³/mol. The molecular weight excluding hydrogens is 376 g/mol. The number of likely N-dealkylation sites (tertiary alicyclic amines) is 1. The summed E-state index contributed by atoms with van der Waals surface area (Å²) in [6.07, 6.45) is 4.39. The van der Waals surface area contributed by atoms with E-state index >= 15 is 0 Å². The van der Waals surface area contributed by atoms with Crippen molar-refractivity contribution in [3.05, 3.63) is 46.8 Å². The Labute approximate surface area is 169 Å². The summed E-state index contributed by atoms with van der Waals surface area (Å²) in [5.74, 6) is -1.32. The first kappa shape index (κ1) is 20.0. The van der Waals surface area contributed by atoms with Crippen LogP contribution < -0.4 is 0 Å². The Balaban J connectivity index is 1.52. The second-order valence-corrected chi connectivity index (χ2v) is 8.35. The van der Waals surface area contributed by atoms with Crippen LogP contribution in [-0.2, 0) is 17.6 Å². The van der Waals surface area contributed by atoms with Crippen LogP contribution in [0.1, 0.15) is 54.9 Å². The van der Waals surface area contributed by atoms with E-state index in [0.717, 1.165) is 55.5 Å². The molecule has 0 saturated carbocycles. The van der Waals surface area contributed by atoms with Gasteiger partial charge in [-0.15, -0.1) is 0 Å². The second kappa shape index (κ2) is 8.22. The Hall–Kier alpha value is -2.28. The Bertz CT molecular complexity index is 910. The van der Waals surface area contributed by atoms with Crippen LogP contribution in [-0.4, -0.2) is 46.4 Å². The SMILES string of the molecule is CC(C)CCO[C@H]1CCN(C(=O)c2nn(-c3ccc(F)c(F)c3)c3c2CCC3)C1. The predicted octanol–water partition coefficient (Wildman–Crippen LogP) is 3.92. The highest BCUT2D eigenvalue weighted by molar-refractivity contribution is 5.94. The van der Waals surface area contributed by atoms with Gasteiger partial charge in [-0.2, -0.15) is 5.10 Å². The van der Waals surface area contributed by atoms with Crippen molar-refractivity contribution < 1.29 is 18.3 Å². The van der Waals surface area contributed by atoms with Crippen molar-refractivity contribution in [3.63, 3.8) is 0 Å². The zero-order valence-electron chi connectivity index (χ0n) is 17.0. The largest absolute Gasteiger partial charge is 0.376 e. The molecule has 29 heavy (non-hydrogen) atoms. The number of aromatic nitrogens is 2. The van der Waals surface area contributed by atoms with Crippen molar-refractivity contribution in [2.24, 2.45) is 5.92 Å². The Morgan fingerprint density at radius 2 is 2.10 bits per heavy atom. The minimum Gasteiger partial charge on any atom is -0.376 e. The molecule has 2 aromatic rings. The van der Waals surface area contributed by atoms with E-state index in [1.54, 1.807) is 9.58 Å². The summed E-state index contributed by atoms with van der Waals surface area (Å²) in [5, 5.41) is 4.52. The van der Waals surface area contributed by atoms with E-state index in [0.29, 0.717) is 37.0 Å². The number of carbonyl (C=O) groups is 1. The highest BCUT2D eigenvalue weighted by atomic mass is 19.2. The average Bonchev–Trinajstić information content (AvgIpc) is 3.39. The quantitative estimate of drug-likeness (QED) is 0.735. The normalized spacial score (nSPS) is 18.7. The summed E-state index contributed by atoms with van der Waals surface area (Å²) in [6.45, 7) is 6.27. The van der Waals surface area contributed by atoms with E-state index < -0.39 is 11.6 Å². The third kappa shape index (κ3) is 4.06. The van der Waals surface area contributed by atoms with Gasteiger partial charge in [0.15, 0.2) is 17.3 Å². The Morgan fingerprint density at radius 1 is 1.28 bits per heavy atom. The van der Waals surface area contributed by atoms with Crippen LogP contribution in [0, 0.1) is 17.6 Å². The highest BCUT2D eigenvalue weighted by Gasteiger charge is 2.33. The lowest BCUT2D eigenvalue weighted by molar-refractivity contribution is 0.0482. The Kier molecular flexibility index (Phi) is 5.67. The van der Waals surface area contributed by atoms with Crippen LogP contribution in [0.5, 0.6) is 0 Å². The molecular formula is C22H27F2N3O2. The molecule has 1 aromatic carbocycles. The van der Waals surface area contributed by atoms with Crippen molar-refractivity contribution in [2.75, 3.05) is 19.7 Å². The molecule has 1 aliphatic heterocycles. The molecule has 4 rings (SSSR count). The first-order chi connectivity index (χ1) is 13.9. The maximum atomic E-state index is 13.7. The van der Waals surface area contributed by atoms with Gasteiger partial charge >= 0.3 is 0 Å². The molecule has 0 bridgehead atoms. The lowest BCUT2D eigenvalue weighted by Gasteiger charge is -2.16. The van der Waals surface area contributed by atoms with Crippen molar-refractivity contribution in [2.45, 2.75) is 52.1 Å². The number of ether oxygens (including phenoxy) is 1. The van der Waals surface area contributed by atoms with Crippen molar-refractivity contribution in [3.8, 4) is 5.69 Å². The van der Waals surface area contributed by atoms with Gasteiger partial charge in [0.1, 0.15) is 0 Å². The van der Waals surface area contributed by atoms with Gasteiger partial charge in [0.2, 0.25) is 0 Å². The number of hydrogen-bond acceptors (Lipinski definition) is 3. The molecule has 2 heterocycles. The van der Waals surface area contributed by atoms with Gasteiger partial charge in [-0.3, -0.25) is 4.79 Å². The fraction of sp³-hybridized carbons (Fsp3) is 0.545. The number of hydrogen-bond donors (Lipinski definition) is 0. The van der Waals surface area contributed by atoms with Crippen LogP contribution in [0.2, 0.25) is 0 Å². The van der Waals surface area contributed by atoms with Crippen LogP contribution in [0.3, 0.4) is 0 Å². The maximum absolute atomic E-state index is 13.7. The van der Waals surface area contributed by atoms with E-state index in [1.807, 2.05) is 0 Å². The molecule has 0 unspecified atom stereocenters. The third-order valence-corrected chi connectivity index (χ3v) is 5.76. The van der Waals surface area contributed by atoms with Crippen LogP contribution >= 0.6 is 0 Å².